The SMILES string of the molecule is CCOC1C(Br)CC1Oc1cc(C)cc(C)c1. The van der Waals surface area contributed by atoms with Crippen LogP contribution in [0.1, 0.15) is 24.5 Å². The van der Waals surface area contributed by atoms with Crippen LogP contribution >= 0.6 is 15.9 Å². The van der Waals surface area contributed by atoms with E-state index < -0.39 is 0 Å². The maximum atomic E-state index is 5.99. The molecule has 0 amide bonds. The van der Waals surface area contributed by atoms with Gasteiger partial charge in [-0.15, -0.1) is 0 Å². The third kappa shape index (κ3) is 3.02. The van der Waals surface area contributed by atoms with E-state index in [0.717, 1.165) is 18.8 Å². The molecule has 0 radical (unpaired) electrons. The van der Waals surface area contributed by atoms with E-state index in [1.165, 1.54) is 11.1 Å². The molecule has 2 nitrogen and oxygen atoms in total. The van der Waals surface area contributed by atoms with Gasteiger partial charge >= 0.3 is 0 Å². The quantitative estimate of drug-likeness (QED) is 0.791. The fourth-order valence-corrected chi connectivity index (χ4v) is 3.08. The second-order valence-electron chi connectivity index (χ2n) is 4.65. The van der Waals surface area contributed by atoms with Crippen LogP contribution in [-0.4, -0.2) is 23.6 Å². The number of hydrogen-bond acceptors (Lipinski definition) is 2. The minimum atomic E-state index is 0.181. The van der Waals surface area contributed by atoms with Crippen LogP contribution < -0.4 is 4.74 Å². The summed E-state index contributed by atoms with van der Waals surface area (Å²) in [4.78, 5) is 0.429. The smallest absolute Gasteiger partial charge is 0.127 e. The van der Waals surface area contributed by atoms with Gasteiger partial charge in [0.15, 0.2) is 0 Å². The Kier molecular flexibility index (Phi) is 4.10. The van der Waals surface area contributed by atoms with Crippen molar-refractivity contribution >= 4 is 15.9 Å². The Balaban J connectivity index is 2.01. The highest BCUT2D eigenvalue weighted by molar-refractivity contribution is 9.09. The topological polar surface area (TPSA) is 18.5 Å². The number of aryl methyl sites for hydroxylation is 2. The van der Waals surface area contributed by atoms with Gasteiger partial charge in [-0.3, -0.25) is 0 Å². The van der Waals surface area contributed by atoms with Gasteiger partial charge in [0, 0.05) is 17.9 Å². The molecule has 3 unspecified atom stereocenters. The number of alkyl halides is 1. The Bertz CT molecular complexity index is 372. The summed E-state index contributed by atoms with van der Waals surface area (Å²) in [5.74, 6) is 0.955. The first-order chi connectivity index (χ1) is 8.10. The first kappa shape index (κ1) is 12.9. The van der Waals surface area contributed by atoms with Crippen molar-refractivity contribution in [2.24, 2.45) is 0 Å². The second kappa shape index (κ2) is 5.40. The Labute approximate surface area is 111 Å². The molecule has 1 aromatic rings. The molecule has 1 fully saturated rings. The van der Waals surface area contributed by atoms with Crippen LogP contribution in [-0.2, 0) is 4.74 Å². The van der Waals surface area contributed by atoms with Gasteiger partial charge in [-0.1, -0.05) is 22.0 Å². The molecular weight excluding hydrogens is 280 g/mol. The van der Waals surface area contributed by atoms with E-state index in [1.807, 2.05) is 6.92 Å². The number of benzene rings is 1. The average Bonchev–Trinajstić information content (AvgIpc) is 2.24. The van der Waals surface area contributed by atoms with Crippen molar-refractivity contribution in [3.05, 3.63) is 29.3 Å². The number of ether oxygens (including phenoxy) is 2. The highest BCUT2D eigenvalue weighted by atomic mass is 79.9. The van der Waals surface area contributed by atoms with Gasteiger partial charge in [0.1, 0.15) is 18.0 Å². The molecule has 0 bridgehead atoms. The second-order valence-corrected chi connectivity index (χ2v) is 5.83. The number of halogens is 1. The summed E-state index contributed by atoms with van der Waals surface area (Å²) in [6.07, 6.45) is 1.37. The van der Waals surface area contributed by atoms with Crippen molar-refractivity contribution in [2.45, 2.75) is 44.2 Å². The summed E-state index contributed by atoms with van der Waals surface area (Å²) in [6.45, 7) is 6.94. The zero-order valence-electron chi connectivity index (χ0n) is 10.6. The van der Waals surface area contributed by atoms with Gasteiger partial charge in [0.05, 0.1) is 0 Å². The van der Waals surface area contributed by atoms with Crippen molar-refractivity contribution < 1.29 is 9.47 Å². The van der Waals surface area contributed by atoms with Gasteiger partial charge in [0.25, 0.3) is 0 Å². The lowest BCUT2D eigenvalue weighted by molar-refractivity contribution is -0.0723. The Hall–Kier alpha value is -0.540. The zero-order valence-corrected chi connectivity index (χ0v) is 12.2. The van der Waals surface area contributed by atoms with Gasteiger partial charge in [-0.25, -0.2) is 0 Å². The molecule has 94 valence electrons. The molecule has 17 heavy (non-hydrogen) atoms. The highest BCUT2D eigenvalue weighted by Crippen LogP contribution is 2.34. The Morgan fingerprint density at radius 3 is 2.41 bits per heavy atom. The number of rotatable bonds is 4. The summed E-state index contributed by atoms with van der Waals surface area (Å²) < 4.78 is 11.7. The van der Waals surface area contributed by atoms with E-state index in [2.05, 4.69) is 48.0 Å². The summed E-state index contributed by atoms with van der Waals surface area (Å²) in [5, 5.41) is 0. The molecule has 3 atom stereocenters. The normalized spacial score (nSPS) is 27.6. The van der Waals surface area contributed by atoms with Gasteiger partial charge in [-0.2, -0.15) is 0 Å². The maximum absolute atomic E-state index is 5.99. The third-order valence-corrected chi connectivity index (χ3v) is 3.92. The summed E-state index contributed by atoms with van der Waals surface area (Å²) >= 11 is 3.61. The lowest BCUT2D eigenvalue weighted by Gasteiger charge is -2.40. The van der Waals surface area contributed by atoms with E-state index in [1.54, 1.807) is 0 Å². The van der Waals surface area contributed by atoms with Crippen LogP contribution in [0.25, 0.3) is 0 Å². The minimum absolute atomic E-state index is 0.181. The minimum Gasteiger partial charge on any atom is -0.488 e. The predicted molar refractivity (Wildman–Crippen MR) is 73.1 cm³/mol. The van der Waals surface area contributed by atoms with Crippen molar-refractivity contribution in [1.82, 2.24) is 0 Å². The van der Waals surface area contributed by atoms with Crippen molar-refractivity contribution in [3.8, 4) is 5.75 Å². The number of hydrogen-bond donors (Lipinski definition) is 0. The summed E-state index contributed by atoms with van der Waals surface area (Å²) in [6, 6.07) is 6.32. The van der Waals surface area contributed by atoms with Crippen LogP contribution in [0.3, 0.4) is 0 Å². The molecule has 0 aromatic heterocycles. The van der Waals surface area contributed by atoms with Crippen LogP contribution in [0.2, 0.25) is 0 Å². The van der Waals surface area contributed by atoms with Crippen LogP contribution in [0.15, 0.2) is 18.2 Å². The molecule has 1 aromatic carbocycles. The highest BCUT2D eigenvalue weighted by Gasteiger charge is 2.42. The molecule has 1 saturated carbocycles. The van der Waals surface area contributed by atoms with E-state index >= 15 is 0 Å². The summed E-state index contributed by atoms with van der Waals surface area (Å²) in [5.41, 5.74) is 2.48. The summed E-state index contributed by atoms with van der Waals surface area (Å²) in [7, 11) is 0. The molecule has 0 N–H and O–H groups in total. The fourth-order valence-electron chi connectivity index (χ4n) is 2.22. The van der Waals surface area contributed by atoms with Crippen molar-refractivity contribution in [2.75, 3.05) is 6.61 Å². The molecule has 0 spiro atoms. The van der Waals surface area contributed by atoms with Crippen LogP contribution in [0, 0.1) is 13.8 Å². The first-order valence-electron chi connectivity index (χ1n) is 6.10. The molecule has 0 aliphatic heterocycles. The van der Waals surface area contributed by atoms with Gasteiger partial charge < -0.3 is 9.47 Å². The van der Waals surface area contributed by atoms with E-state index in [0.29, 0.717) is 4.83 Å². The lowest BCUT2D eigenvalue weighted by atomic mass is 9.91. The van der Waals surface area contributed by atoms with Crippen LogP contribution in [0.5, 0.6) is 5.75 Å². The average molecular weight is 299 g/mol. The van der Waals surface area contributed by atoms with Crippen molar-refractivity contribution in [1.29, 1.82) is 0 Å². The van der Waals surface area contributed by atoms with Gasteiger partial charge in [-0.05, 0) is 44.0 Å². The third-order valence-electron chi connectivity index (χ3n) is 3.02. The fraction of sp³-hybridized carbons (Fsp3) is 0.571. The predicted octanol–water partition coefficient (Wildman–Crippen LogP) is 3.62. The molecule has 3 heteroatoms. The maximum Gasteiger partial charge on any atom is 0.127 e. The standard InChI is InChI=1S/C14H19BrO2/c1-4-16-14-12(15)8-13(14)17-11-6-9(2)5-10(3)7-11/h5-7,12-14H,4,8H2,1-3H3. The Morgan fingerprint density at radius 1 is 1.24 bits per heavy atom. The molecule has 0 saturated heterocycles. The molecular formula is C14H19BrO2. The first-order valence-corrected chi connectivity index (χ1v) is 7.02. The molecule has 2 rings (SSSR count). The molecule has 1 aliphatic rings. The lowest BCUT2D eigenvalue weighted by Crippen LogP contribution is -2.52. The Morgan fingerprint density at radius 2 is 1.88 bits per heavy atom. The van der Waals surface area contributed by atoms with E-state index in [4.69, 9.17) is 9.47 Å². The van der Waals surface area contributed by atoms with Gasteiger partial charge in [0.2, 0.25) is 0 Å². The molecule has 0 heterocycles. The van der Waals surface area contributed by atoms with Crippen molar-refractivity contribution in [3.63, 3.8) is 0 Å². The largest absolute Gasteiger partial charge is 0.488 e. The monoisotopic (exact) mass is 298 g/mol. The van der Waals surface area contributed by atoms with E-state index in [-0.39, 0.29) is 12.2 Å². The zero-order chi connectivity index (χ0) is 12.4. The van der Waals surface area contributed by atoms with E-state index in [9.17, 15) is 0 Å². The van der Waals surface area contributed by atoms with Crippen LogP contribution in [0.4, 0.5) is 0 Å². The molecule has 1 aliphatic carbocycles.